The summed E-state index contributed by atoms with van der Waals surface area (Å²) < 4.78 is 5.28. The van der Waals surface area contributed by atoms with Crippen molar-refractivity contribution in [3.63, 3.8) is 0 Å². The van der Waals surface area contributed by atoms with E-state index in [1.807, 2.05) is 19.9 Å². The van der Waals surface area contributed by atoms with Crippen LogP contribution in [0.3, 0.4) is 0 Å². The number of nitro benzene ring substituents is 1. The predicted molar refractivity (Wildman–Crippen MR) is 102 cm³/mol. The number of nitrogens with zero attached hydrogens (tertiary/aromatic N) is 2. The van der Waals surface area contributed by atoms with Crippen LogP contribution in [0, 0.1) is 10.1 Å². The SMILES string of the molecule is CCNC(=NCc1cccc([N+](=O)[O-])c1)NCCCOCC.I. The van der Waals surface area contributed by atoms with Gasteiger partial charge in [-0.2, -0.15) is 0 Å². The van der Waals surface area contributed by atoms with Gasteiger partial charge in [-0.1, -0.05) is 12.1 Å². The Hall–Kier alpha value is -1.42. The maximum absolute atomic E-state index is 10.8. The second kappa shape index (κ2) is 13.1. The van der Waals surface area contributed by atoms with Gasteiger partial charge in [0.1, 0.15) is 0 Å². The minimum absolute atomic E-state index is 0. The van der Waals surface area contributed by atoms with E-state index in [-0.39, 0.29) is 29.7 Å². The highest BCUT2D eigenvalue weighted by molar-refractivity contribution is 14.0. The Morgan fingerprint density at radius 3 is 2.78 bits per heavy atom. The smallest absolute Gasteiger partial charge is 0.269 e. The van der Waals surface area contributed by atoms with Crippen molar-refractivity contribution in [2.45, 2.75) is 26.8 Å². The van der Waals surface area contributed by atoms with Crippen molar-refractivity contribution in [3.05, 3.63) is 39.9 Å². The van der Waals surface area contributed by atoms with Crippen molar-refractivity contribution < 1.29 is 9.66 Å². The number of halogens is 1. The fraction of sp³-hybridized carbons (Fsp3) is 0.533. The number of benzene rings is 1. The van der Waals surface area contributed by atoms with Gasteiger partial charge in [-0.25, -0.2) is 4.99 Å². The summed E-state index contributed by atoms with van der Waals surface area (Å²) in [6.45, 7) is 7.31. The van der Waals surface area contributed by atoms with E-state index in [1.54, 1.807) is 12.1 Å². The standard InChI is InChI=1S/C15H24N4O3.HI/c1-3-16-15(17-9-6-10-22-4-2)18-12-13-7-5-8-14(11-13)19(20)21;/h5,7-8,11H,3-4,6,9-10,12H2,1-2H3,(H2,16,17,18);1H. The molecular formula is C15H25IN4O3. The van der Waals surface area contributed by atoms with E-state index in [9.17, 15) is 10.1 Å². The van der Waals surface area contributed by atoms with Crippen LogP contribution in [0.15, 0.2) is 29.3 Å². The number of guanidine groups is 1. The normalized spacial score (nSPS) is 10.8. The quantitative estimate of drug-likeness (QED) is 0.155. The lowest BCUT2D eigenvalue weighted by Crippen LogP contribution is -2.38. The average molecular weight is 436 g/mol. The van der Waals surface area contributed by atoms with Crippen molar-refractivity contribution in [3.8, 4) is 0 Å². The highest BCUT2D eigenvalue weighted by Gasteiger charge is 2.05. The first-order valence-electron chi connectivity index (χ1n) is 7.50. The fourth-order valence-electron chi connectivity index (χ4n) is 1.81. The van der Waals surface area contributed by atoms with Gasteiger partial charge in [0.15, 0.2) is 5.96 Å². The van der Waals surface area contributed by atoms with Gasteiger partial charge in [-0.05, 0) is 25.8 Å². The van der Waals surface area contributed by atoms with Gasteiger partial charge in [0.2, 0.25) is 0 Å². The molecule has 1 aromatic rings. The Morgan fingerprint density at radius 2 is 2.13 bits per heavy atom. The molecule has 0 bridgehead atoms. The lowest BCUT2D eigenvalue weighted by molar-refractivity contribution is -0.384. The Balaban J connectivity index is 0.00000484. The third kappa shape index (κ3) is 9.34. The van der Waals surface area contributed by atoms with Gasteiger partial charge in [0.05, 0.1) is 11.5 Å². The first-order chi connectivity index (χ1) is 10.7. The molecule has 0 aromatic heterocycles. The summed E-state index contributed by atoms with van der Waals surface area (Å²) in [4.78, 5) is 14.8. The van der Waals surface area contributed by atoms with Crippen LogP contribution >= 0.6 is 24.0 Å². The zero-order valence-electron chi connectivity index (χ0n) is 13.6. The number of ether oxygens (including phenoxy) is 1. The maximum Gasteiger partial charge on any atom is 0.269 e. The van der Waals surface area contributed by atoms with E-state index in [2.05, 4.69) is 15.6 Å². The molecule has 0 fully saturated rings. The lowest BCUT2D eigenvalue weighted by atomic mass is 10.2. The largest absolute Gasteiger partial charge is 0.382 e. The molecule has 0 amide bonds. The van der Waals surface area contributed by atoms with Gasteiger partial charge >= 0.3 is 0 Å². The van der Waals surface area contributed by atoms with Crippen LogP contribution in [0.25, 0.3) is 0 Å². The molecule has 0 aliphatic rings. The molecular weight excluding hydrogens is 411 g/mol. The summed E-state index contributed by atoms with van der Waals surface area (Å²) in [5, 5.41) is 17.1. The first-order valence-corrected chi connectivity index (χ1v) is 7.50. The first kappa shape index (κ1) is 21.6. The molecule has 0 saturated carbocycles. The van der Waals surface area contributed by atoms with Crippen LogP contribution in [-0.4, -0.2) is 37.2 Å². The minimum Gasteiger partial charge on any atom is -0.382 e. The summed E-state index contributed by atoms with van der Waals surface area (Å²) in [7, 11) is 0. The molecule has 0 atom stereocenters. The van der Waals surface area contributed by atoms with E-state index < -0.39 is 4.92 Å². The molecule has 8 heteroatoms. The van der Waals surface area contributed by atoms with Crippen molar-refractivity contribution in [2.75, 3.05) is 26.3 Å². The van der Waals surface area contributed by atoms with Crippen molar-refractivity contribution in [2.24, 2.45) is 4.99 Å². The zero-order valence-corrected chi connectivity index (χ0v) is 15.9. The third-order valence-corrected chi connectivity index (χ3v) is 2.85. The van der Waals surface area contributed by atoms with Crippen molar-refractivity contribution in [1.82, 2.24) is 10.6 Å². The molecule has 0 aliphatic heterocycles. The van der Waals surface area contributed by atoms with Gasteiger partial charge in [-0.15, -0.1) is 24.0 Å². The average Bonchev–Trinajstić information content (AvgIpc) is 2.52. The van der Waals surface area contributed by atoms with Crippen molar-refractivity contribution in [1.29, 1.82) is 0 Å². The van der Waals surface area contributed by atoms with E-state index in [0.717, 1.165) is 31.7 Å². The molecule has 7 nitrogen and oxygen atoms in total. The van der Waals surface area contributed by atoms with E-state index in [1.165, 1.54) is 6.07 Å². The van der Waals surface area contributed by atoms with Crippen LogP contribution in [-0.2, 0) is 11.3 Å². The van der Waals surface area contributed by atoms with E-state index >= 15 is 0 Å². The number of nitrogens with one attached hydrogen (secondary N) is 2. The van der Waals surface area contributed by atoms with Crippen LogP contribution in [0.1, 0.15) is 25.8 Å². The summed E-state index contributed by atoms with van der Waals surface area (Å²) >= 11 is 0. The van der Waals surface area contributed by atoms with Crippen molar-refractivity contribution >= 4 is 35.6 Å². The second-order valence-corrected chi connectivity index (χ2v) is 4.60. The molecule has 1 aromatic carbocycles. The van der Waals surface area contributed by atoms with Crippen LogP contribution < -0.4 is 10.6 Å². The van der Waals surface area contributed by atoms with Crippen LogP contribution in [0.5, 0.6) is 0 Å². The summed E-state index contributed by atoms with van der Waals surface area (Å²) in [6.07, 6.45) is 0.898. The van der Waals surface area contributed by atoms with E-state index in [4.69, 9.17) is 4.74 Å². The monoisotopic (exact) mass is 436 g/mol. The molecule has 1 rings (SSSR count). The molecule has 0 spiro atoms. The molecule has 0 aliphatic carbocycles. The second-order valence-electron chi connectivity index (χ2n) is 4.60. The highest BCUT2D eigenvalue weighted by Crippen LogP contribution is 2.13. The number of hydrogen-bond donors (Lipinski definition) is 2. The minimum atomic E-state index is -0.398. The Bertz CT molecular complexity index is 497. The number of hydrogen-bond acceptors (Lipinski definition) is 4. The summed E-state index contributed by atoms with van der Waals surface area (Å²) in [6, 6.07) is 6.52. The molecule has 0 heterocycles. The predicted octanol–water partition coefficient (Wildman–Crippen LogP) is 2.69. The number of aliphatic imine (C=N–C) groups is 1. The summed E-state index contributed by atoms with van der Waals surface area (Å²) in [5.41, 5.74) is 0.892. The summed E-state index contributed by atoms with van der Waals surface area (Å²) in [5.74, 6) is 0.700. The van der Waals surface area contributed by atoms with Gasteiger partial charge < -0.3 is 15.4 Å². The fourth-order valence-corrected chi connectivity index (χ4v) is 1.81. The highest BCUT2D eigenvalue weighted by atomic mass is 127. The number of rotatable bonds is 9. The van der Waals surface area contributed by atoms with Gasteiger partial charge in [0.25, 0.3) is 5.69 Å². The third-order valence-electron chi connectivity index (χ3n) is 2.85. The molecule has 0 radical (unpaired) electrons. The molecule has 0 saturated heterocycles. The van der Waals surface area contributed by atoms with Crippen LogP contribution in [0.4, 0.5) is 5.69 Å². The Kier molecular flexibility index (Phi) is 12.3. The Labute approximate surface area is 154 Å². The topological polar surface area (TPSA) is 88.8 Å². The van der Waals surface area contributed by atoms with E-state index in [0.29, 0.717) is 19.1 Å². The number of non-ortho nitro benzene ring substituents is 1. The molecule has 23 heavy (non-hydrogen) atoms. The molecule has 2 N–H and O–H groups in total. The molecule has 130 valence electrons. The maximum atomic E-state index is 10.8. The van der Waals surface area contributed by atoms with Gasteiger partial charge in [-0.3, -0.25) is 10.1 Å². The lowest BCUT2D eigenvalue weighted by Gasteiger charge is -2.11. The number of nitro groups is 1. The Morgan fingerprint density at radius 1 is 1.35 bits per heavy atom. The molecule has 0 unspecified atom stereocenters. The van der Waals surface area contributed by atoms with Gasteiger partial charge in [0, 0.05) is 38.4 Å². The zero-order chi connectivity index (χ0) is 16.2. The van der Waals surface area contributed by atoms with Crippen LogP contribution in [0.2, 0.25) is 0 Å².